The Balaban J connectivity index is 1.71. The Bertz CT molecular complexity index is 1050. The van der Waals surface area contributed by atoms with Crippen LogP contribution in [0.4, 0.5) is 5.82 Å². The van der Waals surface area contributed by atoms with Gasteiger partial charge >= 0.3 is 0 Å². The molecule has 2 aromatic carbocycles. The van der Waals surface area contributed by atoms with Crippen LogP contribution >= 0.6 is 11.6 Å². The molecule has 130 valence electrons. The quantitative estimate of drug-likeness (QED) is 0.748. The number of nitrogens with one attached hydrogen (secondary N) is 1. The Labute approximate surface area is 148 Å². The van der Waals surface area contributed by atoms with E-state index in [9.17, 15) is 8.42 Å². The van der Waals surface area contributed by atoms with Crippen molar-refractivity contribution in [3.05, 3.63) is 41.4 Å². The topological polar surface area (TPSA) is 90.7 Å². The van der Waals surface area contributed by atoms with Crippen molar-refractivity contribution in [1.82, 2.24) is 5.16 Å². The van der Waals surface area contributed by atoms with Crippen LogP contribution in [-0.2, 0) is 10.0 Å². The highest BCUT2D eigenvalue weighted by Gasteiger charge is 2.22. The van der Waals surface area contributed by atoms with Gasteiger partial charge in [0.05, 0.1) is 28.5 Å². The minimum Gasteiger partial charge on any atom is -0.490 e. The van der Waals surface area contributed by atoms with Crippen LogP contribution in [0.15, 0.2) is 45.8 Å². The molecular weight excluding hydrogens is 368 g/mol. The smallest absolute Gasteiger partial charge is 0.263 e. The summed E-state index contributed by atoms with van der Waals surface area (Å²) in [5.41, 5.74) is 0.392. The molecule has 25 heavy (non-hydrogen) atoms. The Morgan fingerprint density at radius 1 is 1.08 bits per heavy atom. The van der Waals surface area contributed by atoms with Crippen LogP contribution in [0, 0.1) is 0 Å². The minimum absolute atomic E-state index is 0.0277. The molecule has 0 atom stereocenters. The van der Waals surface area contributed by atoms with E-state index in [-0.39, 0.29) is 10.7 Å². The zero-order chi connectivity index (χ0) is 17.4. The number of benzene rings is 2. The molecule has 7 nitrogen and oxygen atoms in total. The van der Waals surface area contributed by atoms with Crippen LogP contribution in [0.5, 0.6) is 11.5 Å². The van der Waals surface area contributed by atoms with Crippen LogP contribution < -0.4 is 14.2 Å². The van der Waals surface area contributed by atoms with Gasteiger partial charge in [0.1, 0.15) is 0 Å². The lowest BCUT2D eigenvalue weighted by atomic mass is 10.2. The first-order chi connectivity index (χ1) is 12.0. The van der Waals surface area contributed by atoms with Crippen LogP contribution in [0.2, 0.25) is 5.02 Å². The van der Waals surface area contributed by atoms with Crippen molar-refractivity contribution in [2.75, 3.05) is 17.9 Å². The molecule has 1 aliphatic heterocycles. The fourth-order valence-corrected chi connectivity index (χ4v) is 3.79. The third-order valence-corrected chi connectivity index (χ3v) is 5.36. The highest BCUT2D eigenvalue weighted by molar-refractivity contribution is 7.92. The van der Waals surface area contributed by atoms with Crippen LogP contribution in [0.25, 0.3) is 11.0 Å². The zero-order valence-corrected chi connectivity index (χ0v) is 14.4. The molecule has 9 heteroatoms. The Morgan fingerprint density at radius 3 is 2.72 bits per heavy atom. The van der Waals surface area contributed by atoms with Gasteiger partial charge < -0.3 is 14.0 Å². The van der Waals surface area contributed by atoms with Crippen molar-refractivity contribution >= 4 is 38.4 Å². The first-order valence-corrected chi connectivity index (χ1v) is 9.37. The van der Waals surface area contributed by atoms with Gasteiger partial charge in [-0.3, -0.25) is 4.72 Å². The summed E-state index contributed by atoms with van der Waals surface area (Å²) in [5, 5.41) is 4.51. The van der Waals surface area contributed by atoms with Gasteiger partial charge in [0.15, 0.2) is 22.9 Å². The Kier molecular flexibility index (Phi) is 3.93. The van der Waals surface area contributed by atoms with E-state index >= 15 is 0 Å². The summed E-state index contributed by atoms with van der Waals surface area (Å²) >= 11 is 6.12. The largest absolute Gasteiger partial charge is 0.490 e. The van der Waals surface area contributed by atoms with E-state index in [1.54, 1.807) is 24.3 Å². The highest BCUT2D eigenvalue weighted by atomic mass is 35.5. The van der Waals surface area contributed by atoms with Gasteiger partial charge in [0.25, 0.3) is 10.0 Å². The van der Waals surface area contributed by atoms with E-state index in [1.807, 2.05) is 0 Å². The number of hydrogen-bond donors (Lipinski definition) is 1. The molecule has 0 saturated carbocycles. The van der Waals surface area contributed by atoms with Gasteiger partial charge in [0.2, 0.25) is 0 Å². The summed E-state index contributed by atoms with van der Waals surface area (Å²) in [6, 6.07) is 9.42. The van der Waals surface area contributed by atoms with Crippen LogP contribution in [0.1, 0.15) is 6.42 Å². The summed E-state index contributed by atoms with van der Waals surface area (Å²) in [6.07, 6.45) is 0.735. The number of halogens is 1. The lowest BCUT2D eigenvalue weighted by molar-refractivity contribution is 0.297. The summed E-state index contributed by atoms with van der Waals surface area (Å²) in [6.45, 7) is 0.994. The third-order valence-electron chi connectivity index (χ3n) is 3.71. The van der Waals surface area contributed by atoms with E-state index in [1.165, 1.54) is 12.1 Å². The molecule has 0 radical (unpaired) electrons. The van der Waals surface area contributed by atoms with Crippen LogP contribution in [0.3, 0.4) is 0 Å². The number of ether oxygens (including phenoxy) is 2. The van der Waals surface area contributed by atoms with Crippen LogP contribution in [-0.4, -0.2) is 26.8 Å². The molecule has 0 bridgehead atoms. The van der Waals surface area contributed by atoms with Crippen molar-refractivity contribution < 1.29 is 22.4 Å². The summed E-state index contributed by atoms with van der Waals surface area (Å²) in [5.74, 6) is 0.947. The SMILES string of the molecule is O=S(=O)(Nc1noc2cccc(Cl)c12)c1ccc2c(c1)OCCCO2. The average molecular weight is 381 g/mol. The first-order valence-electron chi connectivity index (χ1n) is 7.51. The second-order valence-electron chi connectivity index (χ2n) is 5.41. The molecule has 0 saturated heterocycles. The predicted octanol–water partition coefficient (Wildman–Crippen LogP) is 3.44. The third kappa shape index (κ3) is 2.98. The summed E-state index contributed by atoms with van der Waals surface area (Å²) in [7, 11) is -3.90. The maximum Gasteiger partial charge on any atom is 0.263 e. The van der Waals surface area contributed by atoms with Gasteiger partial charge in [-0.2, -0.15) is 0 Å². The predicted molar refractivity (Wildman–Crippen MR) is 91.9 cm³/mol. The number of aromatic nitrogens is 1. The van der Waals surface area contributed by atoms with E-state index in [0.717, 1.165) is 6.42 Å². The lowest BCUT2D eigenvalue weighted by Gasteiger charge is -2.10. The molecule has 3 aromatic rings. The molecule has 1 N–H and O–H groups in total. The van der Waals surface area contributed by atoms with Gasteiger partial charge in [-0.25, -0.2) is 8.42 Å². The summed E-state index contributed by atoms with van der Waals surface area (Å²) < 4.78 is 44.0. The zero-order valence-electron chi connectivity index (χ0n) is 12.9. The van der Waals surface area contributed by atoms with Gasteiger partial charge in [-0.05, 0) is 24.3 Å². The average Bonchev–Trinajstić information content (AvgIpc) is 2.85. The number of sulfonamides is 1. The molecule has 0 aliphatic carbocycles. The Hall–Kier alpha value is -2.45. The molecule has 0 fully saturated rings. The fourth-order valence-electron chi connectivity index (χ4n) is 2.52. The molecule has 2 heterocycles. The normalized spacial score (nSPS) is 14.3. The molecule has 4 rings (SSSR count). The van der Waals surface area contributed by atoms with E-state index in [0.29, 0.717) is 40.7 Å². The molecule has 0 unspecified atom stereocenters. The Morgan fingerprint density at radius 2 is 1.88 bits per heavy atom. The number of fused-ring (bicyclic) bond motifs is 2. The van der Waals surface area contributed by atoms with Gasteiger partial charge in [0, 0.05) is 12.5 Å². The van der Waals surface area contributed by atoms with Gasteiger partial charge in [-0.1, -0.05) is 22.8 Å². The number of hydrogen-bond acceptors (Lipinski definition) is 6. The standard InChI is InChI=1S/C16H13ClN2O5S/c17-11-3-1-4-13-15(11)16(18-24-13)19-25(20,21)10-5-6-12-14(9-10)23-8-2-7-22-12/h1,3-6,9H,2,7-8H2,(H,18,19). The van der Waals surface area contributed by atoms with E-state index < -0.39 is 10.0 Å². The van der Waals surface area contributed by atoms with Crippen molar-refractivity contribution in [2.45, 2.75) is 11.3 Å². The minimum atomic E-state index is -3.90. The van der Waals surface area contributed by atoms with Crippen molar-refractivity contribution in [3.8, 4) is 11.5 Å². The van der Waals surface area contributed by atoms with Gasteiger partial charge in [-0.15, -0.1) is 0 Å². The molecule has 0 spiro atoms. The van der Waals surface area contributed by atoms with Crippen molar-refractivity contribution in [1.29, 1.82) is 0 Å². The second kappa shape index (κ2) is 6.12. The maximum atomic E-state index is 12.7. The number of rotatable bonds is 3. The molecule has 1 aliphatic rings. The van der Waals surface area contributed by atoms with E-state index in [2.05, 4.69) is 9.88 Å². The molecule has 0 amide bonds. The molecule has 1 aromatic heterocycles. The highest BCUT2D eigenvalue weighted by Crippen LogP contribution is 2.34. The monoisotopic (exact) mass is 380 g/mol. The van der Waals surface area contributed by atoms with Crippen molar-refractivity contribution in [2.24, 2.45) is 0 Å². The van der Waals surface area contributed by atoms with Crippen molar-refractivity contribution in [3.63, 3.8) is 0 Å². The fraction of sp³-hybridized carbons (Fsp3) is 0.188. The van der Waals surface area contributed by atoms with E-state index in [4.69, 9.17) is 25.6 Å². The second-order valence-corrected chi connectivity index (χ2v) is 7.50. The first kappa shape index (κ1) is 16.0. The number of anilines is 1. The summed E-state index contributed by atoms with van der Waals surface area (Å²) in [4.78, 5) is 0.0277. The molecular formula is C16H13ClN2O5S. The lowest BCUT2D eigenvalue weighted by Crippen LogP contribution is -2.13. The maximum absolute atomic E-state index is 12.7. The number of nitrogens with zero attached hydrogens (tertiary/aromatic N) is 1.